The summed E-state index contributed by atoms with van der Waals surface area (Å²) < 4.78 is 2.67. The Morgan fingerprint density at radius 3 is 2.61 bits per heavy atom. The summed E-state index contributed by atoms with van der Waals surface area (Å²) in [4.78, 5) is 27.6. The molecule has 8 nitrogen and oxygen atoms in total. The van der Waals surface area contributed by atoms with Crippen molar-refractivity contribution in [2.24, 2.45) is 0 Å². The fourth-order valence-electron chi connectivity index (χ4n) is 2.62. The van der Waals surface area contributed by atoms with Crippen LogP contribution >= 0.6 is 0 Å². The molecule has 0 radical (unpaired) electrons. The maximum atomic E-state index is 12.9. The summed E-state index contributed by atoms with van der Waals surface area (Å²) in [5, 5.41) is 15.8. The molecule has 0 spiro atoms. The van der Waals surface area contributed by atoms with Crippen LogP contribution in [0.15, 0.2) is 59.8 Å². The Balaban J connectivity index is 2.30. The van der Waals surface area contributed by atoms with Crippen LogP contribution in [0.4, 0.5) is 5.69 Å². The standard InChI is InChI=1S/C15H9N5O3/c21-15-11-6-7-16-8-12(11)19-14(13(9-17-19)20(22)23)18(15)10-4-2-1-3-5-10/h1-9H. The van der Waals surface area contributed by atoms with Gasteiger partial charge in [-0.2, -0.15) is 5.10 Å². The second-order valence-corrected chi connectivity index (χ2v) is 4.89. The number of nitro groups is 1. The van der Waals surface area contributed by atoms with E-state index in [0.717, 1.165) is 6.20 Å². The zero-order valence-electron chi connectivity index (χ0n) is 11.7. The molecular formula is C15H9N5O3. The molecule has 0 atom stereocenters. The van der Waals surface area contributed by atoms with Crippen molar-refractivity contribution in [3.05, 3.63) is 75.5 Å². The Bertz CT molecular complexity index is 1110. The number of rotatable bonds is 2. The molecule has 4 rings (SSSR count). The molecule has 3 heterocycles. The highest BCUT2D eigenvalue weighted by Crippen LogP contribution is 2.24. The Morgan fingerprint density at radius 1 is 1.09 bits per heavy atom. The van der Waals surface area contributed by atoms with Crippen LogP contribution in [-0.4, -0.2) is 24.1 Å². The fourth-order valence-corrected chi connectivity index (χ4v) is 2.62. The van der Waals surface area contributed by atoms with Crippen molar-refractivity contribution in [3.8, 4) is 5.69 Å². The van der Waals surface area contributed by atoms with Crippen LogP contribution in [0.2, 0.25) is 0 Å². The molecule has 0 fully saturated rings. The van der Waals surface area contributed by atoms with Crippen molar-refractivity contribution in [2.75, 3.05) is 0 Å². The molecule has 0 aliphatic heterocycles. The first-order valence-electron chi connectivity index (χ1n) is 6.75. The lowest BCUT2D eigenvalue weighted by Gasteiger charge is -2.10. The average Bonchev–Trinajstić information content (AvgIpc) is 3.01. The Morgan fingerprint density at radius 2 is 1.87 bits per heavy atom. The Hall–Kier alpha value is -3.55. The van der Waals surface area contributed by atoms with Gasteiger partial charge in [-0.3, -0.25) is 24.5 Å². The SMILES string of the molecule is O=c1c2ccncc2n2ncc([N+](=O)[O-])c2n1-c1ccccc1. The lowest BCUT2D eigenvalue weighted by molar-refractivity contribution is -0.383. The zero-order chi connectivity index (χ0) is 16.0. The van der Waals surface area contributed by atoms with Crippen LogP contribution in [0.25, 0.3) is 22.2 Å². The molecule has 1 aromatic carbocycles. The second-order valence-electron chi connectivity index (χ2n) is 4.89. The topological polar surface area (TPSA) is 95.3 Å². The summed E-state index contributed by atoms with van der Waals surface area (Å²) in [7, 11) is 0. The molecule has 0 aliphatic carbocycles. The summed E-state index contributed by atoms with van der Waals surface area (Å²) in [5.41, 5.74) is 0.464. The molecule has 0 N–H and O–H groups in total. The summed E-state index contributed by atoms with van der Waals surface area (Å²) in [6.45, 7) is 0. The lowest BCUT2D eigenvalue weighted by atomic mass is 10.2. The van der Waals surface area contributed by atoms with E-state index >= 15 is 0 Å². The highest BCUT2D eigenvalue weighted by Gasteiger charge is 2.23. The number of pyridine rings is 1. The lowest BCUT2D eigenvalue weighted by Crippen LogP contribution is -2.22. The van der Waals surface area contributed by atoms with Crippen LogP contribution < -0.4 is 5.56 Å². The Kier molecular flexibility index (Phi) is 2.70. The van der Waals surface area contributed by atoms with E-state index in [1.165, 1.54) is 21.5 Å². The van der Waals surface area contributed by atoms with E-state index in [0.29, 0.717) is 16.6 Å². The van der Waals surface area contributed by atoms with Gasteiger partial charge in [-0.05, 0) is 18.2 Å². The fraction of sp³-hybridized carbons (Fsp3) is 0. The van der Waals surface area contributed by atoms with Crippen molar-refractivity contribution in [3.63, 3.8) is 0 Å². The van der Waals surface area contributed by atoms with Gasteiger partial charge in [-0.25, -0.2) is 4.52 Å². The van der Waals surface area contributed by atoms with Gasteiger partial charge in [0, 0.05) is 6.20 Å². The first kappa shape index (κ1) is 13.1. The van der Waals surface area contributed by atoms with Gasteiger partial charge in [0.15, 0.2) is 0 Å². The van der Waals surface area contributed by atoms with Crippen LogP contribution in [0.1, 0.15) is 0 Å². The van der Waals surface area contributed by atoms with E-state index in [2.05, 4.69) is 10.1 Å². The van der Waals surface area contributed by atoms with Crippen molar-refractivity contribution in [1.82, 2.24) is 19.2 Å². The summed E-state index contributed by atoms with van der Waals surface area (Å²) in [6.07, 6.45) is 4.11. The number of hydrogen-bond donors (Lipinski definition) is 0. The van der Waals surface area contributed by atoms with Crippen molar-refractivity contribution < 1.29 is 4.92 Å². The van der Waals surface area contributed by atoms with E-state index in [1.807, 2.05) is 6.07 Å². The second kappa shape index (κ2) is 4.73. The van der Waals surface area contributed by atoms with Crippen LogP contribution in [-0.2, 0) is 0 Å². The van der Waals surface area contributed by atoms with Crippen molar-refractivity contribution in [1.29, 1.82) is 0 Å². The number of para-hydroxylation sites is 1. The molecule has 0 amide bonds. The smallest absolute Gasteiger partial charge is 0.268 e. The van der Waals surface area contributed by atoms with Gasteiger partial charge in [-0.1, -0.05) is 18.2 Å². The monoisotopic (exact) mass is 307 g/mol. The van der Waals surface area contributed by atoms with Crippen molar-refractivity contribution >= 4 is 22.2 Å². The molecule has 3 aromatic heterocycles. The molecule has 8 heteroatoms. The predicted molar refractivity (Wildman–Crippen MR) is 82.7 cm³/mol. The van der Waals surface area contributed by atoms with Gasteiger partial charge in [0.25, 0.3) is 5.56 Å². The minimum Gasteiger partial charge on any atom is -0.268 e. The van der Waals surface area contributed by atoms with Crippen LogP contribution in [0, 0.1) is 10.1 Å². The molecule has 0 unspecified atom stereocenters. The van der Waals surface area contributed by atoms with E-state index < -0.39 is 4.92 Å². The summed E-state index contributed by atoms with van der Waals surface area (Å²) >= 11 is 0. The average molecular weight is 307 g/mol. The van der Waals surface area contributed by atoms with E-state index in [-0.39, 0.29) is 16.9 Å². The zero-order valence-corrected chi connectivity index (χ0v) is 11.7. The molecular weight excluding hydrogens is 298 g/mol. The van der Waals surface area contributed by atoms with E-state index in [9.17, 15) is 14.9 Å². The largest absolute Gasteiger partial charge is 0.332 e. The van der Waals surface area contributed by atoms with Gasteiger partial charge < -0.3 is 0 Å². The maximum Gasteiger partial charge on any atom is 0.332 e. The third-order valence-electron chi connectivity index (χ3n) is 3.61. The minimum atomic E-state index is -0.552. The molecule has 112 valence electrons. The number of benzene rings is 1. The number of fused-ring (bicyclic) bond motifs is 3. The molecule has 0 aliphatic rings. The Labute approximate surface area is 128 Å². The third-order valence-corrected chi connectivity index (χ3v) is 3.61. The van der Waals surface area contributed by atoms with Gasteiger partial charge in [0.1, 0.15) is 6.20 Å². The predicted octanol–water partition coefficient (Wildman–Crippen LogP) is 1.94. The van der Waals surface area contributed by atoms with Crippen LogP contribution in [0.3, 0.4) is 0 Å². The van der Waals surface area contributed by atoms with Gasteiger partial charge in [0.05, 0.1) is 27.7 Å². The summed E-state index contributed by atoms with van der Waals surface area (Å²) in [6, 6.07) is 10.3. The van der Waals surface area contributed by atoms with E-state index in [1.54, 1.807) is 30.3 Å². The van der Waals surface area contributed by atoms with Gasteiger partial charge in [-0.15, -0.1) is 0 Å². The number of nitrogens with zero attached hydrogens (tertiary/aromatic N) is 5. The number of aromatic nitrogens is 4. The number of hydrogen-bond acceptors (Lipinski definition) is 5. The molecule has 0 saturated carbocycles. The first-order chi connectivity index (χ1) is 11.2. The molecule has 0 saturated heterocycles. The molecule has 23 heavy (non-hydrogen) atoms. The molecule has 0 bridgehead atoms. The maximum absolute atomic E-state index is 12.9. The first-order valence-corrected chi connectivity index (χ1v) is 6.75. The van der Waals surface area contributed by atoms with Crippen molar-refractivity contribution in [2.45, 2.75) is 0 Å². The minimum absolute atomic E-state index is 0.103. The molecule has 4 aromatic rings. The van der Waals surface area contributed by atoms with Gasteiger partial charge >= 0.3 is 5.69 Å². The van der Waals surface area contributed by atoms with E-state index in [4.69, 9.17) is 0 Å². The highest BCUT2D eigenvalue weighted by molar-refractivity contribution is 5.82. The van der Waals surface area contributed by atoms with Crippen LogP contribution in [0.5, 0.6) is 0 Å². The summed E-state index contributed by atoms with van der Waals surface area (Å²) in [5.74, 6) is 0. The normalized spacial score (nSPS) is 11.1. The highest BCUT2D eigenvalue weighted by atomic mass is 16.6. The van der Waals surface area contributed by atoms with Gasteiger partial charge in [0.2, 0.25) is 5.65 Å². The third kappa shape index (κ3) is 1.81. The quantitative estimate of drug-likeness (QED) is 0.416.